The van der Waals surface area contributed by atoms with Crippen LogP contribution >= 0.6 is 23.4 Å². The first-order chi connectivity index (χ1) is 11.1. The Morgan fingerprint density at radius 3 is 2.74 bits per heavy atom. The van der Waals surface area contributed by atoms with Crippen LogP contribution < -0.4 is 0 Å². The van der Waals surface area contributed by atoms with Gasteiger partial charge in [0, 0.05) is 29.0 Å². The summed E-state index contributed by atoms with van der Waals surface area (Å²) in [4.78, 5) is 19.0. The maximum atomic E-state index is 10.6. The normalized spacial score (nSPS) is 10.7. The zero-order chi connectivity index (χ0) is 16.2. The van der Waals surface area contributed by atoms with Crippen LogP contribution in [0.25, 0.3) is 16.9 Å². The number of aromatic nitrogens is 4. The van der Waals surface area contributed by atoms with E-state index in [9.17, 15) is 4.79 Å². The van der Waals surface area contributed by atoms with Gasteiger partial charge in [-0.3, -0.25) is 4.79 Å². The lowest BCUT2D eigenvalue weighted by Gasteiger charge is -2.02. The van der Waals surface area contributed by atoms with Gasteiger partial charge in [-0.2, -0.15) is 5.10 Å². The SMILES string of the molecule is O=C(O)CSc1nccc(-n2cc(-c3ccc(Cl)cc3)cn2)n1. The van der Waals surface area contributed by atoms with Crippen molar-refractivity contribution in [1.82, 2.24) is 19.7 Å². The highest BCUT2D eigenvalue weighted by atomic mass is 35.5. The molecule has 0 aliphatic heterocycles. The quantitative estimate of drug-likeness (QED) is 0.564. The Balaban J connectivity index is 1.84. The van der Waals surface area contributed by atoms with Crippen LogP contribution in [0.2, 0.25) is 5.02 Å². The molecule has 0 spiro atoms. The fourth-order valence-corrected chi connectivity index (χ4v) is 2.57. The molecule has 6 nitrogen and oxygen atoms in total. The summed E-state index contributed by atoms with van der Waals surface area (Å²) >= 11 is 6.95. The second-order valence-corrected chi connectivity index (χ2v) is 5.94. The van der Waals surface area contributed by atoms with Crippen LogP contribution in [0.1, 0.15) is 0 Å². The third-order valence-electron chi connectivity index (χ3n) is 2.94. The molecule has 3 rings (SSSR count). The summed E-state index contributed by atoms with van der Waals surface area (Å²) in [6.07, 6.45) is 5.16. The molecule has 2 aromatic heterocycles. The second-order valence-electron chi connectivity index (χ2n) is 4.56. The lowest BCUT2D eigenvalue weighted by atomic mass is 10.1. The van der Waals surface area contributed by atoms with E-state index < -0.39 is 5.97 Å². The number of aliphatic carboxylic acids is 1. The monoisotopic (exact) mass is 346 g/mol. The van der Waals surface area contributed by atoms with Gasteiger partial charge in [-0.1, -0.05) is 35.5 Å². The third kappa shape index (κ3) is 3.88. The summed E-state index contributed by atoms with van der Waals surface area (Å²) in [7, 11) is 0. The van der Waals surface area contributed by atoms with Gasteiger partial charge in [-0.15, -0.1) is 0 Å². The first-order valence-corrected chi connectivity index (χ1v) is 7.97. The van der Waals surface area contributed by atoms with Crippen molar-refractivity contribution >= 4 is 29.3 Å². The van der Waals surface area contributed by atoms with Crippen molar-refractivity contribution < 1.29 is 9.90 Å². The van der Waals surface area contributed by atoms with E-state index in [0.29, 0.717) is 16.0 Å². The molecule has 1 aromatic carbocycles. The molecular formula is C15H11ClN4O2S. The average molecular weight is 347 g/mol. The van der Waals surface area contributed by atoms with E-state index in [1.165, 1.54) is 0 Å². The first-order valence-electron chi connectivity index (χ1n) is 6.60. The molecule has 1 N–H and O–H groups in total. The predicted octanol–water partition coefficient (Wildman–Crippen LogP) is 3.16. The van der Waals surface area contributed by atoms with Crippen molar-refractivity contribution in [2.24, 2.45) is 0 Å². The zero-order valence-corrected chi connectivity index (χ0v) is 13.3. The van der Waals surface area contributed by atoms with E-state index in [0.717, 1.165) is 22.9 Å². The summed E-state index contributed by atoms with van der Waals surface area (Å²) in [5, 5.41) is 14.1. The molecule has 8 heteroatoms. The van der Waals surface area contributed by atoms with E-state index in [1.807, 2.05) is 30.5 Å². The van der Waals surface area contributed by atoms with Crippen LogP contribution in [0.3, 0.4) is 0 Å². The van der Waals surface area contributed by atoms with Crippen LogP contribution in [0, 0.1) is 0 Å². The molecule has 3 aromatic rings. The van der Waals surface area contributed by atoms with Crippen molar-refractivity contribution in [2.45, 2.75) is 5.16 Å². The maximum Gasteiger partial charge on any atom is 0.313 e. The number of rotatable bonds is 5. The van der Waals surface area contributed by atoms with Crippen molar-refractivity contribution in [1.29, 1.82) is 0 Å². The molecule has 0 aliphatic rings. The molecule has 0 atom stereocenters. The molecule has 2 heterocycles. The number of carboxylic acid groups (broad SMARTS) is 1. The van der Waals surface area contributed by atoms with Crippen molar-refractivity contribution in [3.05, 3.63) is 53.9 Å². The summed E-state index contributed by atoms with van der Waals surface area (Å²) in [6, 6.07) is 9.18. The van der Waals surface area contributed by atoms with E-state index >= 15 is 0 Å². The molecule has 0 saturated carbocycles. The molecule has 0 aliphatic carbocycles. The highest BCUT2D eigenvalue weighted by molar-refractivity contribution is 7.99. The lowest BCUT2D eigenvalue weighted by molar-refractivity contribution is -0.133. The maximum absolute atomic E-state index is 10.6. The highest BCUT2D eigenvalue weighted by Gasteiger charge is 2.07. The second kappa shape index (κ2) is 6.80. The Kier molecular flexibility index (Phi) is 4.59. The number of hydrogen-bond acceptors (Lipinski definition) is 5. The fraction of sp³-hybridized carbons (Fsp3) is 0.0667. The molecule has 0 fully saturated rings. The third-order valence-corrected chi connectivity index (χ3v) is 4.04. The van der Waals surface area contributed by atoms with E-state index in [4.69, 9.17) is 16.7 Å². The molecule has 0 unspecified atom stereocenters. The minimum atomic E-state index is -0.909. The van der Waals surface area contributed by atoms with E-state index in [1.54, 1.807) is 23.1 Å². The molecule has 0 bridgehead atoms. The molecule has 0 radical (unpaired) electrons. The topological polar surface area (TPSA) is 80.9 Å². The van der Waals surface area contributed by atoms with E-state index in [-0.39, 0.29) is 5.75 Å². The Morgan fingerprint density at radius 2 is 2.00 bits per heavy atom. The van der Waals surface area contributed by atoms with Gasteiger partial charge >= 0.3 is 5.97 Å². The number of nitrogens with zero attached hydrogens (tertiary/aromatic N) is 4. The lowest BCUT2D eigenvalue weighted by Crippen LogP contribution is -2.02. The Morgan fingerprint density at radius 1 is 1.22 bits per heavy atom. The Hall–Kier alpha value is -2.38. The number of hydrogen-bond donors (Lipinski definition) is 1. The average Bonchev–Trinajstić information content (AvgIpc) is 3.04. The van der Waals surface area contributed by atoms with Gasteiger partial charge < -0.3 is 5.11 Å². The summed E-state index contributed by atoms with van der Waals surface area (Å²) in [5.74, 6) is -0.417. The van der Waals surface area contributed by atoms with Gasteiger partial charge in [-0.25, -0.2) is 14.6 Å². The number of carbonyl (C=O) groups is 1. The summed E-state index contributed by atoms with van der Waals surface area (Å²) in [5.41, 5.74) is 1.93. The van der Waals surface area contributed by atoms with Gasteiger partial charge in [0.2, 0.25) is 0 Å². The number of halogens is 1. The highest BCUT2D eigenvalue weighted by Crippen LogP contribution is 2.22. The smallest absolute Gasteiger partial charge is 0.313 e. The molecule has 0 amide bonds. The zero-order valence-electron chi connectivity index (χ0n) is 11.8. The fourth-order valence-electron chi connectivity index (χ4n) is 1.89. The molecule has 116 valence electrons. The van der Waals surface area contributed by atoms with Crippen LogP contribution in [0.4, 0.5) is 0 Å². The first kappa shape index (κ1) is 15.5. The van der Waals surface area contributed by atoms with Crippen molar-refractivity contribution in [3.8, 4) is 16.9 Å². The largest absolute Gasteiger partial charge is 0.481 e. The Labute approximate surface area is 141 Å². The van der Waals surface area contributed by atoms with Gasteiger partial charge in [0.15, 0.2) is 11.0 Å². The standard InChI is InChI=1S/C15H11ClN4O2S/c16-12-3-1-10(2-4-12)11-7-18-20(8-11)13-5-6-17-15(19-13)23-9-14(21)22/h1-8H,9H2,(H,21,22). The van der Waals surface area contributed by atoms with Gasteiger partial charge in [0.05, 0.1) is 11.9 Å². The van der Waals surface area contributed by atoms with Crippen LogP contribution in [0.15, 0.2) is 54.1 Å². The van der Waals surface area contributed by atoms with Gasteiger partial charge in [0.25, 0.3) is 0 Å². The molecular weight excluding hydrogens is 336 g/mol. The summed E-state index contributed by atoms with van der Waals surface area (Å²) < 4.78 is 1.62. The number of benzene rings is 1. The van der Waals surface area contributed by atoms with Crippen molar-refractivity contribution in [2.75, 3.05) is 5.75 Å². The minimum Gasteiger partial charge on any atom is -0.481 e. The number of carboxylic acids is 1. The summed E-state index contributed by atoms with van der Waals surface area (Å²) in [6.45, 7) is 0. The van der Waals surface area contributed by atoms with Gasteiger partial charge in [0.1, 0.15) is 0 Å². The molecule has 23 heavy (non-hydrogen) atoms. The minimum absolute atomic E-state index is 0.0847. The Bertz CT molecular complexity index is 836. The molecule has 0 saturated heterocycles. The van der Waals surface area contributed by atoms with Gasteiger partial charge in [-0.05, 0) is 17.7 Å². The van der Waals surface area contributed by atoms with Crippen LogP contribution in [-0.4, -0.2) is 36.6 Å². The van der Waals surface area contributed by atoms with Crippen molar-refractivity contribution in [3.63, 3.8) is 0 Å². The number of thioether (sulfide) groups is 1. The predicted molar refractivity (Wildman–Crippen MR) is 88.0 cm³/mol. The van der Waals surface area contributed by atoms with Crippen LogP contribution in [-0.2, 0) is 4.79 Å². The van der Waals surface area contributed by atoms with Crippen LogP contribution in [0.5, 0.6) is 0 Å². The van der Waals surface area contributed by atoms with E-state index in [2.05, 4.69) is 15.1 Å².